The van der Waals surface area contributed by atoms with Crippen LogP contribution in [0.25, 0.3) is 22.6 Å². The highest BCUT2D eigenvalue weighted by Gasteiger charge is 2.47. The van der Waals surface area contributed by atoms with Crippen LogP contribution in [0.15, 0.2) is 30.7 Å². The second kappa shape index (κ2) is 9.37. The van der Waals surface area contributed by atoms with Crippen LogP contribution in [0.2, 0.25) is 5.02 Å². The molecule has 2 fully saturated rings. The van der Waals surface area contributed by atoms with Gasteiger partial charge in [0.1, 0.15) is 11.3 Å². The van der Waals surface area contributed by atoms with E-state index in [4.69, 9.17) is 22.3 Å². The molecule has 4 heterocycles. The quantitative estimate of drug-likeness (QED) is 0.365. The molecule has 1 saturated carbocycles. The van der Waals surface area contributed by atoms with E-state index in [2.05, 4.69) is 37.9 Å². The molecule has 2 aliphatic carbocycles. The topological polar surface area (TPSA) is 147 Å². The molecule has 37 heavy (non-hydrogen) atoms. The van der Waals surface area contributed by atoms with Crippen LogP contribution in [0.5, 0.6) is 0 Å². The predicted octanol–water partition coefficient (Wildman–Crippen LogP) is 2.93. The summed E-state index contributed by atoms with van der Waals surface area (Å²) in [5.41, 5.74) is 8.44. The van der Waals surface area contributed by atoms with E-state index in [-0.39, 0.29) is 41.8 Å². The fourth-order valence-electron chi connectivity index (χ4n) is 6.03. The first-order valence-electron chi connectivity index (χ1n) is 12.8. The Morgan fingerprint density at radius 3 is 2.76 bits per heavy atom. The molecule has 0 aromatic carbocycles. The van der Waals surface area contributed by atoms with Crippen LogP contribution in [-0.4, -0.2) is 67.2 Å². The molecule has 1 saturated heterocycles. The monoisotopic (exact) mass is 523 g/mol. The zero-order valence-corrected chi connectivity index (χ0v) is 21.3. The number of halogens is 1. The van der Waals surface area contributed by atoms with Gasteiger partial charge in [0.2, 0.25) is 5.91 Å². The number of anilines is 1. The van der Waals surface area contributed by atoms with E-state index in [1.165, 1.54) is 0 Å². The van der Waals surface area contributed by atoms with Crippen LogP contribution in [0, 0.1) is 17.8 Å². The number of fused-ring (bicyclic) bond motifs is 3. The molecule has 12 heteroatoms. The van der Waals surface area contributed by atoms with Gasteiger partial charge in [0.15, 0.2) is 5.65 Å². The highest BCUT2D eigenvalue weighted by molar-refractivity contribution is 6.34. The standard InChI is InChI=1S/C25H30ClN9O2/c1-2-28-25(37)34-7-5-16(6-8-34)35-12-15(10-30-35)23-32-21-20(17(26)11-29-24(21)33-23)31-19-14-4-3-13(9-14)18(19)22(27)36/h3-4,10-14,16,18-19H,2,5-9H2,1H3,(H2,27,36)(H,28,37)(H2,29,31,32,33)/t13-,14+,18+,19-/m1/s1. The van der Waals surface area contributed by atoms with Gasteiger partial charge in [0.25, 0.3) is 0 Å². The predicted molar refractivity (Wildman–Crippen MR) is 140 cm³/mol. The number of hydrogen-bond acceptors (Lipinski definition) is 6. The molecule has 2 bridgehead atoms. The van der Waals surface area contributed by atoms with Gasteiger partial charge in [-0.2, -0.15) is 5.10 Å². The summed E-state index contributed by atoms with van der Waals surface area (Å²) in [6.07, 6.45) is 12.2. The number of primary amides is 1. The normalized spacial score (nSPS) is 25.2. The fraction of sp³-hybridized carbons (Fsp3) is 0.480. The minimum atomic E-state index is -0.303. The Kier molecular flexibility index (Phi) is 6.02. The minimum absolute atomic E-state index is 0.0106. The van der Waals surface area contributed by atoms with E-state index in [9.17, 15) is 9.59 Å². The van der Waals surface area contributed by atoms with Gasteiger partial charge in [-0.05, 0) is 38.0 Å². The van der Waals surface area contributed by atoms with E-state index >= 15 is 0 Å². The van der Waals surface area contributed by atoms with E-state index in [0.717, 1.165) is 24.8 Å². The SMILES string of the molecule is CCNC(=O)N1CCC(n2cc(-c3nc4c(N[C@H]5[C@@H](C(N)=O)[C@@H]6C=C[C@H]5C6)c(Cl)cnc4[nH]3)cn2)CC1. The number of aromatic amines is 1. The van der Waals surface area contributed by atoms with E-state index in [0.29, 0.717) is 47.3 Å². The van der Waals surface area contributed by atoms with Gasteiger partial charge in [-0.25, -0.2) is 14.8 Å². The molecule has 5 N–H and O–H groups in total. The Balaban J connectivity index is 1.22. The summed E-state index contributed by atoms with van der Waals surface area (Å²) < 4.78 is 1.95. The lowest BCUT2D eigenvalue weighted by molar-refractivity contribution is -0.122. The maximum atomic E-state index is 12.2. The van der Waals surface area contributed by atoms with Crippen molar-refractivity contribution in [1.82, 2.24) is 34.9 Å². The van der Waals surface area contributed by atoms with Crippen LogP contribution in [0.1, 0.15) is 32.2 Å². The summed E-state index contributed by atoms with van der Waals surface area (Å²) in [5.74, 6) is 0.425. The number of nitrogens with zero attached hydrogens (tertiary/aromatic N) is 5. The number of carbonyl (C=O) groups is 2. The Morgan fingerprint density at radius 2 is 2.00 bits per heavy atom. The van der Waals surface area contributed by atoms with Crippen LogP contribution in [0.3, 0.4) is 0 Å². The Bertz CT molecular complexity index is 1370. The van der Waals surface area contributed by atoms with Gasteiger partial charge in [0, 0.05) is 31.9 Å². The third-order valence-electron chi connectivity index (χ3n) is 7.89. The zero-order chi connectivity index (χ0) is 25.7. The highest BCUT2D eigenvalue weighted by Crippen LogP contribution is 2.46. The number of imidazole rings is 1. The first-order chi connectivity index (χ1) is 17.9. The van der Waals surface area contributed by atoms with Crippen molar-refractivity contribution in [3.05, 3.63) is 35.8 Å². The van der Waals surface area contributed by atoms with Crippen molar-refractivity contribution < 1.29 is 9.59 Å². The number of likely N-dealkylation sites (tertiary alicyclic amines) is 1. The van der Waals surface area contributed by atoms with Gasteiger partial charge in [0.05, 0.1) is 40.6 Å². The number of urea groups is 1. The van der Waals surface area contributed by atoms with Gasteiger partial charge >= 0.3 is 6.03 Å². The number of rotatable bonds is 6. The molecule has 3 amide bonds. The summed E-state index contributed by atoms with van der Waals surface area (Å²) in [6, 6.07) is 0.0671. The van der Waals surface area contributed by atoms with Crippen molar-refractivity contribution in [2.75, 3.05) is 25.0 Å². The summed E-state index contributed by atoms with van der Waals surface area (Å²) in [6.45, 7) is 3.93. The van der Waals surface area contributed by atoms with Crippen molar-refractivity contribution in [3.8, 4) is 11.4 Å². The molecule has 0 radical (unpaired) electrons. The Hall–Kier alpha value is -3.60. The van der Waals surface area contributed by atoms with Crippen molar-refractivity contribution in [1.29, 1.82) is 0 Å². The summed E-state index contributed by atoms with van der Waals surface area (Å²) in [4.78, 5) is 38.7. The van der Waals surface area contributed by atoms with Crippen LogP contribution >= 0.6 is 11.6 Å². The van der Waals surface area contributed by atoms with E-state index < -0.39 is 0 Å². The average Bonchev–Trinajstić information content (AvgIpc) is 3.68. The number of piperidine rings is 1. The van der Waals surface area contributed by atoms with E-state index in [1.807, 2.05) is 22.7 Å². The molecule has 0 spiro atoms. The summed E-state index contributed by atoms with van der Waals surface area (Å²) in [7, 11) is 0. The molecule has 11 nitrogen and oxygen atoms in total. The van der Waals surface area contributed by atoms with Crippen LogP contribution in [-0.2, 0) is 4.79 Å². The number of carbonyl (C=O) groups excluding carboxylic acids is 2. The number of H-pyrrole nitrogens is 1. The lowest BCUT2D eigenvalue weighted by Gasteiger charge is -2.32. The van der Waals surface area contributed by atoms with Crippen LogP contribution < -0.4 is 16.4 Å². The van der Waals surface area contributed by atoms with Crippen molar-refractivity contribution in [2.24, 2.45) is 23.5 Å². The van der Waals surface area contributed by atoms with Crippen molar-refractivity contribution in [2.45, 2.75) is 38.3 Å². The molecule has 3 aliphatic rings. The number of allylic oxidation sites excluding steroid dienone is 1. The molecular formula is C25H30ClN9O2. The summed E-state index contributed by atoms with van der Waals surface area (Å²) >= 11 is 6.56. The maximum Gasteiger partial charge on any atom is 0.317 e. The minimum Gasteiger partial charge on any atom is -0.378 e. The third-order valence-corrected chi connectivity index (χ3v) is 8.18. The van der Waals surface area contributed by atoms with Crippen molar-refractivity contribution >= 4 is 40.4 Å². The number of aromatic nitrogens is 5. The lowest BCUT2D eigenvalue weighted by Crippen LogP contribution is -2.44. The molecule has 3 aromatic rings. The van der Waals surface area contributed by atoms with Crippen molar-refractivity contribution in [3.63, 3.8) is 0 Å². The number of amides is 3. The van der Waals surface area contributed by atoms with E-state index in [1.54, 1.807) is 12.4 Å². The number of pyridine rings is 1. The first kappa shape index (κ1) is 23.8. The van der Waals surface area contributed by atoms with Gasteiger partial charge in [-0.1, -0.05) is 23.8 Å². The molecule has 1 aliphatic heterocycles. The van der Waals surface area contributed by atoms with Gasteiger partial charge in [-0.3, -0.25) is 9.48 Å². The largest absolute Gasteiger partial charge is 0.378 e. The molecular weight excluding hydrogens is 494 g/mol. The first-order valence-corrected chi connectivity index (χ1v) is 13.2. The number of nitrogens with two attached hydrogens (primary N) is 1. The van der Waals surface area contributed by atoms with Gasteiger partial charge in [-0.15, -0.1) is 0 Å². The molecule has 0 unspecified atom stereocenters. The third kappa shape index (κ3) is 4.20. The Morgan fingerprint density at radius 1 is 1.22 bits per heavy atom. The average molecular weight is 524 g/mol. The molecule has 6 rings (SSSR count). The smallest absolute Gasteiger partial charge is 0.317 e. The highest BCUT2D eigenvalue weighted by atomic mass is 35.5. The molecule has 4 atom stereocenters. The number of hydrogen-bond donors (Lipinski definition) is 4. The van der Waals surface area contributed by atoms with Gasteiger partial charge < -0.3 is 26.3 Å². The number of nitrogens with one attached hydrogen (secondary N) is 3. The van der Waals surface area contributed by atoms with Crippen LogP contribution in [0.4, 0.5) is 10.5 Å². The zero-order valence-electron chi connectivity index (χ0n) is 20.5. The maximum absolute atomic E-state index is 12.2. The molecule has 194 valence electrons. The second-order valence-electron chi connectivity index (χ2n) is 10.1. The Labute approximate surface area is 218 Å². The molecule has 3 aromatic heterocycles. The second-order valence-corrected chi connectivity index (χ2v) is 10.5. The lowest BCUT2D eigenvalue weighted by atomic mass is 9.88. The summed E-state index contributed by atoms with van der Waals surface area (Å²) in [5, 5.41) is 11.4. The fourth-order valence-corrected chi connectivity index (χ4v) is 6.23.